The predicted octanol–water partition coefficient (Wildman–Crippen LogP) is 2.78. The summed E-state index contributed by atoms with van der Waals surface area (Å²) in [4.78, 5) is 31.7. The van der Waals surface area contributed by atoms with Crippen molar-refractivity contribution in [1.29, 1.82) is 0 Å². The molecule has 1 aromatic carbocycles. The Bertz CT molecular complexity index is 788. The van der Waals surface area contributed by atoms with E-state index in [0.29, 0.717) is 36.8 Å². The van der Waals surface area contributed by atoms with Gasteiger partial charge in [0.1, 0.15) is 0 Å². The van der Waals surface area contributed by atoms with Gasteiger partial charge in [0.2, 0.25) is 5.91 Å². The van der Waals surface area contributed by atoms with Crippen molar-refractivity contribution in [3.8, 4) is 0 Å². The van der Waals surface area contributed by atoms with E-state index in [4.69, 9.17) is 11.6 Å². The molecular formula is C18H19ClN4O2. The number of nitrogens with one attached hydrogen (secondary N) is 1. The van der Waals surface area contributed by atoms with Gasteiger partial charge in [-0.1, -0.05) is 17.7 Å². The molecule has 0 atom stereocenters. The van der Waals surface area contributed by atoms with Crippen molar-refractivity contribution in [3.63, 3.8) is 0 Å². The first-order chi connectivity index (χ1) is 12.0. The van der Waals surface area contributed by atoms with E-state index in [2.05, 4.69) is 10.3 Å². The second-order valence-electron chi connectivity index (χ2n) is 5.90. The summed E-state index contributed by atoms with van der Waals surface area (Å²) >= 11 is 5.98. The van der Waals surface area contributed by atoms with Gasteiger partial charge in [-0.05, 0) is 24.3 Å². The van der Waals surface area contributed by atoms with Gasteiger partial charge in [-0.2, -0.15) is 0 Å². The number of hydrogen-bond acceptors (Lipinski definition) is 4. The largest absolute Gasteiger partial charge is 0.354 e. The molecule has 1 aliphatic rings. The molecule has 25 heavy (non-hydrogen) atoms. The van der Waals surface area contributed by atoms with Gasteiger partial charge >= 0.3 is 0 Å². The highest BCUT2D eigenvalue weighted by Crippen LogP contribution is 2.20. The molecule has 1 saturated heterocycles. The minimum atomic E-state index is -0.0783. The first-order valence-electron chi connectivity index (χ1n) is 8.05. The fraction of sp³-hybridized carbons (Fsp3) is 0.278. The number of hydrogen-bond donors (Lipinski definition) is 1. The highest BCUT2D eigenvalue weighted by molar-refractivity contribution is 6.30. The third-order valence-electron chi connectivity index (χ3n) is 4.11. The van der Waals surface area contributed by atoms with Crippen LogP contribution in [0.4, 0.5) is 11.4 Å². The molecule has 2 aromatic rings. The number of amides is 2. The molecule has 0 saturated carbocycles. The Kier molecular flexibility index (Phi) is 5.19. The standard InChI is InChI=1S/C18H19ClN4O2/c1-13(24)22-5-7-23(8-6-22)18(25)14-9-17(12-20-11-14)21-16-4-2-3-15(19)10-16/h2-4,9-12,21H,5-8H2,1H3. The van der Waals surface area contributed by atoms with Gasteiger partial charge in [-0.15, -0.1) is 0 Å². The number of aromatic nitrogens is 1. The van der Waals surface area contributed by atoms with Gasteiger partial charge in [0, 0.05) is 50.0 Å². The fourth-order valence-electron chi connectivity index (χ4n) is 2.77. The smallest absolute Gasteiger partial charge is 0.255 e. The molecule has 1 aromatic heterocycles. The van der Waals surface area contributed by atoms with Crippen molar-refractivity contribution in [1.82, 2.24) is 14.8 Å². The maximum atomic E-state index is 12.7. The Labute approximate surface area is 151 Å². The second-order valence-corrected chi connectivity index (χ2v) is 6.33. The third-order valence-corrected chi connectivity index (χ3v) is 4.35. The zero-order valence-corrected chi connectivity index (χ0v) is 14.7. The van der Waals surface area contributed by atoms with Crippen LogP contribution in [0, 0.1) is 0 Å². The number of rotatable bonds is 3. The molecule has 6 nitrogen and oxygen atoms in total. The van der Waals surface area contributed by atoms with Crippen molar-refractivity contribution in [2.24, 2.45) is 0 Å². The van der Waals surface area contributed by atoms with Crippen LogP contribution in [-0.2, 0) is 4.79 Å². The molecule has 0 bridgehead atoms. The Morgan fingerprint density at radius 2 is 1.76 bits per heavy atom. The molecule has 1 fully saturated rings. The number of halogens is 1. The first-order valence-corrected chi connectivity index (χ1v) is 8.43. The number of nitrogens with zero attached hydrogens (tertiary/aromatic N) is 3. The van der Waals surface area contributed by atoms with Crippen LogP contribution in [0.2, 0.25) is 5.02 Å². The Morgan fingerprint density at radius 1 is 1.04 bits per heavy atom. The average molecular weight is 359 g/mol. The van der Waals surface area contributed by atoms with E-state index in [1.54, 1.807) is 47.3 Å². The number of anilines is 2. The van der Waals surface area contributed by atoms with Gasteiger partial charge in [-0.25, -0.2) is 0 Å². The maximum Gasteiger partial charge on any atom is 0.255 e. The molecule has 2 heterocycles. The fourth-order valence-corrected chi connectivity index (χ4v) is 2.96. The number of piperazine rings is 1. The molecule has 0 radical (unpaired) electrons. The van der Waals surface area contributed by atoms with Gasteiger partial charge in [-0.3, -0.25) is 14.6 Å². The summed E-state index contributed by atoms with van der Waals surface area (Å²) in [7, 11) is 0. The minimum Gasteiger partial charge on any atom is -0.354 e. The lowest BCUT2D eigenvalue weighted by Crippen LogP contribution is -2.50. The second kappa shape index (κ2) is 7.53. The highest BCUT2D eigenvalue weighted by Gasteiger charge is 2.23. The molecule has 0 unspecified atom stereocenters. The average Bonchev–Trinajstić information content (AvgIpc) is 2.61. The summed E-state index contributed by atoms with van der Waals surface area (Å²) in [5.41, 5.74) is 2.06. The summed E-state index contributed by atoms with van der Waals surface area (Å²) in [6, 6.07) is 9.11. The normalized spacial score (nSPS) is 14.3. The lowest BCUT2D eigenvalue weighted by atomic mass is 10.2. The van der Waals surface area contributed by atoms with Crippen LogP contribution in [0.1, 0.15) is 17.3 Å². The molecule has 0 spiro atoms. The molecular weight excluding hydrogens is 340 g/mol. The monoisotopic (exact) mass is 358 g/mol. The van der Waals surface area contributed by atoms with Crippen LogP contribution in [0.25, 0.3) is 0 Å². The van der Waals surface area contributed by atoms with Gasteiger partial charge in [0.25, 0.3) is 5.91 Å². The van der Waals surface area contributed by atoms with Gasteiger partial charge < -0.3 is 15.1 Å². The summed E-state index contributed by atoms with van der Waals surface area (Å²) in [5.74, 6) is -0.0352. The van der Waals surface area contributed by atoms with Crippen molar-refractivity contribution in [2.45, 2.75) is 6.92 Å². The zero-order chi connectivity index (χ0) is 17.8. The minimum absolute atomic E-state index is 0.0430. The SMILES string of the molecule is CC(=O)N1CCN(C(=O)c2cncc(Nc3cccc(Cl)c3)c2)CC1. The molecule has 3 rings (SSSR count). The van der Waals surface area contributed by atoms with E-state index < -0.39 is 0 Å². The van der Waals surface area contributed by atoms with Crippen molar-refractivity contribution >= 4 is 34.8 Å². The first kappa shape index (κ1) is 17.2. The van der Waals surface area contributed by atoms with Crippen LogP contribution in [0.3, 0.4) is 0 Å². The molecule has 2 amide bonds. The van der Waals surface area contributed by atoms with Crippen LogP contribution in [0.15, 0.2) is 42.7 Å². The Morgan fingerprint density at radius 3 is 2.44 bits per heavy atom. The molecule has 130 valence electrons. The summed E-state index contributed by atoms with van der Waals surface area (Å²) < 4.78 is 0. The van der Waals surface area contributed by atoms with Crippen molar-refractivity contribution < 1.29 is 9.59 Å². The molecule has 1 N–H and O–H groups in total. The van der Waals surface area contributed by atoms with E-state index in [-0.39, 0.29) is 11.8 Å². The molecule has 7 heteroatoms. The third kappa shape index (κ3) is 4.28. The maximum absolute atomic E-state index is 12.7. The van der Waals surface area contributed by atoms with E-state index in [0.717, 1.165) is 11.4 Å². The Balaban J connectivity index is 1.69. The van der Waals surface area contributed by atoms with Gasteiger partial charge in [0.15, 0.2) is 0 Å². The summed E-state index contributed by atoms with van der Waals surface area (Å²) in [5, 5.41) is 3.83. The highest BCUT2D eigenvalue weighted by atomic mass is 35.5. The van der Waals surface area contributed by atoms with Crippen LogP contribution < -0.4 is 5.32 Å². The summed E-state index contributed by atoms with van der Waals surface area (Å²) in [6.45, 7) is 3.74. The Hall–Kier alpha value is -2.60. The molecule has 0 aliphatic carbocycles. The molecule has 1 aliphatic heterocycles. The lowest BCUT2D eigenvalue weighted by molar-refractivity contribution is -0.130. The number of benzene rings is 1. The van der Waals surface area contributed by atoms with Gasteiger partial charge in [0.05, 0.1) is 17.4 Å². The van der Waals surface area contributed by atoms with Crippen molar-refractivity contribution in [3.05, 3.63) is 53.3 Å². The van der Waals surface area contributed by atoms with Crippen molar-refractivity contribution in [2.75, 3.05) is 31.5 Å². The quantitative estimate of drug-likeness (QED) is 0.916. The van der Waals surface area contributed by atoms with E-state index in [9.17, 15) is 9.59 Å². The van der Waals surface area contributed by atoms with Crippen LogP contribution in [0.5, 0.6) is 0 Å². The van der Waals surface area contributed by atoms with E-state index in [1.807, 2.05) is 12.1 Å². The lowest BCUT2D eigenvalue weighted by Gasteiger charge is -2.34. The number of carbonyl (C=O) groups is 2. The van der Waals surface area contributed by atoms with Crippen LogP contribution in [-0.4, -0.2) is 52.8 Å². The number of pyridine rings is 1. The predicted molar refractivity (Wildman–Crippen MR) is 97.1 cm³/mol. The topological polar surface area (TPSA) is 65.5 Å². The number of carbonyl (C=O) groups excluding carboxylic acids is 2. The zero-order valence-electron chi connectivity index (χ0n) is 13.9. The van der Waals surface area contributed by atoms with E-state index >= 15 is 0 Å². The van der Waals surface area contributed by atoms with E-state index in [1.165, 1.54) is 0 Å². The van der Waals surface area contributed by atoms with Crippen LogP contribution >= 0.6 is 11.6 Å². The summed E-state index contributed by atoms with van der Waals surface area (Å²) in [6.07, 6.45) is 3.22.